The predicted molar refractivity (Wildman–Crippen MR) is 118 cm³/mol. The van der Waals surface area contributed by atoms with E-state index in [1.54, 1.807) is 30.3 Å². The van der Waals surface area contributed by atoms with E-state index in [1.165, 1.54) is 40.9 Å². The number of amides is 2. The van der Waals surface area contributed by atoms with Crippen LogP contribution in [-0.4, -0.2) is 40.3 Å². The molecule has 1 aliphatic heterocycles. The van der Waals surface area contributed by atoms with Gasteiger partial charge in [0.25, 0.3) is 0 Å². The van der Waals surface area contributed by atoms with Gasteiger partial charge >= 0.3 is 0 Å². The fourth-order valence-corrected chi connectivity index (χ4v) is 3.91. The number of anilines is 1. The number of nitrogens with zero attached hydrogens (tertiary/aromatic N) is 2. The van der Waals surface area contributed by atoms with Gasteiger partial charge in [0.2, 0.25) is 11.8 Å². The van der Waals surface area contributed by atoms with Crippen molar-refractivity contribution in [2.24, 2.45) is 4.99 Å². The molecule has 0 radical (unpaired) electrons. The lowest BCUT2D eigenvalue weighted by Gasteiger charge is -2.31. The molecule has 2 aromatic rings. The van der Waals surface area contributed by atoms with E-state index in [-0.39, 0.29) is 30.6 Å². The molecule has 0 bridgehead atoms. The Hall–Kier alpha value is -3.13. The number of amidine groups is 1. The first kappa shape index (κ1) is 21.6. The number of benzene rings is 2. The Morgan fingerprint density at radius 2 is 2.00 bits per heavy atom. The molecule has 0 spiro atoms. The SMILES string of the molecule is C=CCN1C(=O)CC(C(=O)Nc2ccc(OCC)cc2)SC1=Nc1ccc(F)cc1. The molecule has 156 valence electrons. The van der Waals surface area contributed by atoms with E-state index in [4.69, 9.17) is 4.74 Å². The summed E-state index contributed by atoms with van der Waals surface area (Å²) in [5.41, 5.74) is 1.11. The van der Waals surface area contributed by atoms with Crippen LogP contribution in [0.2, 0.25) is 0 Å². The molecule has 0 aromatic heterocycles. The van der Waals surface area contributed by atoms with Crippen molar-refractivity contribution < 1.29 is 18.7 Å². The second-order valence-corrected chi connectivity index (χ2v) is 7.59. The zero-order valence-electron chi connectivity index (χ0n) is 16.5. The van der Waals surface area contributed by atoms with E-state index in [9.17, 15) is 14.0 Å². The van der Waals surface area contributed by atoms with E-state index in [0.29, 0.717) is 28.9 Å². The molecule has 8 heteroatoms. The molecule has 1 unspecified atom stereocenters. The average Bonchev–Trinajstić information content (AvgIpc) is 2.73. The molecule has 1 atom stereocenters. The Bertz CT molecular complexity index is 945. The first-order chi connectivity index (χ1) is 14.5. The maximum atomic E-state index is 13.2. The Morgan fingerprint density at radius 1 is 1.30 bits per heavy atom. The lowest BCUT2D eigenvalue weighted by atomic mass is 10.2. The summed E-state index contributed by atoms with van der Waals surface area (Å²) >= 11 is 1.20. The summed E-state index contributed by atoms with van der Waals surface area (Å²) in [5, 5.41) is 2.57. The topological polar surface area (TPSA) is 71.0 Å². The van der Waals surface area contributed by atoms with Crippen LogP contribution in [0.25, 0.3) is 0 Å². The number of carbonyl (C=O) groups excluding carboxylic acids is 2. The van der Waals surface area contributed by atoms with Crippen LogP contribution in [0.4, 0.5) is 15.8 Å². The highest BCUT2D eigenvalue weighted by atomic mass is 32.2. The van der Waals surface area contributed by atoms with E-state index < -0.39 is 5.25 Å². The summed E-state index contributed by atoms with van der Waals surface area (Å²) in [7, 11) is 0. The molecule has 1 fully saturated rings. The summed E-state index contributed by atoms with van der Waals surface area (Å²) < 4.78 is 18.6. The number of carbonyl (C=O) groups is 2. The van der Waals surface area contributed by atoms with Gasteiger partial charge < -0.3 is 10.1 Å². The fourth-order valence-electron chi connectivity index (χ4n) is 2.80. The van der Waals surface area contributed by atoms with Crippen LogP contribution in [0.15, 0.2) is 66.2 Å². The van der Waals surface area contributed by atoms with E-state index >= 15 is 0 Å². The summed E-state index contributed by atoms with van der Waals surface area (Å²) in [6, 6.07) is 12.7. The Balaban J connectivity index is 1.76. The van der Waals surface area contributed by atoms with Gasteiger partial charge in [0, 0.05) is 18.7 Å². The summed E-state index contributed by atoms with van der Waals surface area (Å²) in [5.74, 6) is -0.169. The van der Waals surface area contributed by atoms with Gasteiger partial charge in [-0.3, -0.25) is 14.5 Å². The van der Waals surface area contributed by atoms with E-state index in [2.05, 4.69) is 16.9 Å². The van der Waals surface area contributed by atoms with Gasteiger partial charge in [-0.1, -0.05) is 17.8 Å². The maximum absolute atomic E-state index is 13.2. The monoisotopic (exact) mass is 427 g/mol. The van der Waals surface area contributed by atoms with Crippen LogP contribution in [0.3, 0.4) is 0 Å². The highest BCUT2D eigenvalue weighted by Crippen LogP contribution is 2.30. The number of nitrogens with one attached hydrogen (secondary N) is 1. The largest absolute Gasteiger partial charge is 0.494 e. The van der Waals surface area contributed by atoms with Crippen LogP contribution < -0.4 is 10.1 Å². The molecule has 1 N–H and O–H groups in total. The van der Waals surface area contributed by atoms with Gasteiger partial charge in [0.05, 0.1) is 12.3 Å². The molecule has 2 amide bonds. The van der Waals surface area contributed by atoms with Gasteiger partial charge in [-0.2, -0.15) is 0 Å². The number of thioether (sulfide) groups is 1. The second-order valence-electron chi connectivity index (χ2n) is 6.42. The summed E-state index contributed by atoms with van der Waals surface area (Å²) in [6.07, 6.45) is 1.64. The molecule has 2 aromatic carbocycles. The molecule has 0 aliphatic carbocycles. The normalized spacial score (nSPS) is 17.7. The minimum atomic E-state index is -0.635. The third kappa shape index (κ3) is 5.48. The molecule has 0 saturated carbocycles. The van der Waals surface area contributed by atoms with Gasteiger partial charge in [-0.05, 0) is 55.5 Å². The zero-order valence-corrected chi connectivity index (χ0v) is 17.3. The van der Waals surface area contributed by atoms with Gasteiger partial charge in [-0.25, -0.2) is 9.38 Å². The predicted octanol–water partition coefficient (Wildman–Crippen LogP) is 4.37. The standard InChI is InChI=1S/C22H22FN3O3S/c1-3-13-26-20(27)14-19(30-22(26)25-17-7-5-15(23)6-8-17)21(28)24-16-9-11-18(12-10-16)29-4-2/h3,5-12,19H,1,4,13-14H2,2H3,(H,24,28). The quantitative estimate of drug-likeness (QED) is 0.666. The van der Waals surface area contributed by atoms with Crippen molar-refractivity contribution in [1.29, 1.82) is 0 Å². The molecule has 1 aliphatic rings. The van der Waals surface area contributed by atoms with Crippen molar-refractivity contribution in [3.05, 3.63) is 67.0 Å². The second kappa shape index (κ2) is 10.1. The highest BCUT2D eigenvalue weighted by Gasteiger charge is 2.35. The number of hydrogen-bond donors (Lipinski definition) is 1. The lowest BCUT2D eigenvalue weighted by molar-refractivity contribution is -0.129. The minimum Gasteiger partial charge on any atom is -0.494 e. The van der Waals surface area contributed by atoms with Gasteiger partial charge in [-0.15, -0.1) is 6.58 Å². The van der Waals surface area contributed by atoms with Crippen LogP contribution in [0.5, 0.6) is 5.75 Å². The molecule has 6 nitrogen and oxygen atoms in total. The van der Waals surface area contributed by atoms with Crippen LogP contribution in [-0.2, 0) is 9.59 Å². The van der Waals surface area contributed by atoms with E-state index in [0.717, 1.165) is 0 Å². The van der Waals surface area contributed by atoms with Crippen molar-refractivity contribution in [2.75, 3.05) is 18.5 Å². The van der Waals surface area contributed by atoms with Crippen LogP contribution >= 0.6 is 11.8 Å². The average molecular weight is 428 g/mol. The number of ether oxygens (including phenoxy) is 1. The fraction of sp³-hybridized carbons (Fsp3) is 0.227. The molecule has 3 rings (SSSR count). The van der Waals surface area contributed by atoms with Crippen LogP contribution in [0.1, 0.15) is 13.3 Å². The number of aliphatic imine (C=N–C) groups is 1. The third-order valence-electron chi connectivity index (χ3n) is 4.23. The first-order valence-corrected chi connectivity index (χ1v) is 10.3. The molecule has 1 heterocycles. The maximum Gasteiger partial charge on any atom is 0.238 e. The number of halogens is 1. The van der Waals surface area contributed by atoms with Crippen molar-refractivity contribution in [3.63, 3.8) is 0 Å². The molecule has 30 heavy (non-hydrogen) atoms. The van der Waals surface area contributed by atoms with Crippen molar-refractivity contribution in [3.8, 4) is 5.75 Å². The van der Waals surface area contributed by atoms with Crippen molar-refractivity contribution in [2.45, 2.75) is 18.6 Å². The Kier molecular flexibility index (Phi) is 7.24. The zero-order chi connectivity index (χ0) is 21.5. The van der Waals surface area contributed by atoms with E-state index in [1.807, 2.05) is 6.92 Å². The molecular formula is C22H22FN3O3S. The van der Waals surface area contributed by atoms with Gasteiger partial charge in [0.15, 0.2) is 5.17 Å². The van der Waals surface area contributed by atoms with Crippen molar-refractivity contribution in [1.82, 2.24) is 4.90 Å². The molecule has 1 saturated heterocycles. The van der Waals surface area contributed by atoms with Crippen molar-refractivity contribution >= 4 is 40.1 Å². The van der Waals surface area contributed by atoms with Crippen LogP contribution in [0, 0.1) is 5.82 Å². The third-order valence-corrected chi connectivity index (χ3v) is 5.42. The number of rotatable bonds is 7. The van der Waals surface area contributed by atoms with Gasteiger partial charge in [0.1, 0.15) is 16.8 Å². The smallest absolute Gasteiger partial charge is 0.238 e. The number of hydrogen-bond acceptors (Lipinski definition) is 5. The Morgan fingerprint density at radius 3 is 2.63 bits per heavy atom. The summed E-state index contributed by atoms with van der Waals surface area (Å²) in [4.78, 5) is 31.4. The Labute approximate surface area is 178 Å². The molecular weight excluding hydrogens is 405 g/mol. The lowest BCUT2D eigenvalue weighted by Crippen LogP contribution is -2.45. The summed E-state index contributed by atoms with van der Waals surface area (Å²) in [6.45, 7) is 6.41. The highest BCUT2D eigenvalue weighted by molar-refractivity contribution is 8.15. The first-order valence-electron chi connectivity index (χ1n) is 9.46. The minimum absolute atomic E-state index is 0.0454.